The highest BCUT2D eigenvalue weighted by molar-refractivity contribution is 4.85. The molecule has 96 valence electrons. The maximum absolute atomic E-state index is 2.46. The summed E-state index contributed by atoms with van der Waals surface area (Å²) < 4.78 is 0. The molecule has 0 amide bonds. The molecular formula is C16H32. The fraction of sp³-hybridized carbons (Fsp3) is 1.00. The van der Waals surface area contributed by atoms with Gasteiger partial charge < -0.3 is 0 Å². The Morgan fingerprint density at radius 1 is 0.688 bits per heavy atom. The minimum Gasteiger partial charge on any atom is -0.0625 e. The van der Waals surface area contributed by atoms with Gasteiger partial charge in [0.05, 0.1) is 0 Å². The van der Waals surface area contributed by atoms with Crippen LogP contribution in [0, 0.1) is 28.6 Å². The lowest BCUT2D eigenvalue weighted by molar-refractivity contribution is 0.189. The smallest absolute Gasteiger partial charge is 0.0354 e. The molecule has 1 saturated carbocycles. The largest absolute Gasteiger partial charge is 0.0625 e. The Labute approximate surface area is 103 Å². The van der Waals surface area contributed by atoms with E-state index in [0.717, 1.165) is 17.8 Å². The number of hydrogen-bond acceptors (Lipinski definition) is 0. The Balaban J connectivity index is 2.70. The Hall–Kier alpha value is 0. The van der Waals surface area contributed by atoms with Gasteiger partial charge in [-0.2, -0.15) is 0 Å². The SMILES string of the molecule is CC1CC(C(C)(C)C)CCC(C(C)(C)C)C1. The van der Waals surface area contributed by atoms with Crippen molar-refractivity contribution in [3.05, 3.63) is 0 Å². The first-order valence-corrected chi connectivity index (χ1v) is 7.10. The van der Waals surface area contributed by atoms with Gasteiger partial charge in [0.2, 0.25) is 0 Å². The minimum absolute atomic E-state index is 0.501. The Bertz CT molecular complexity index is 189. The van der Waals surface area contributed by atoms with Crippen molar-refractivity contribution in [2.75, 3.05) is 0 Å². The van der Waals surface area contributed by atoms with Crippen LogP contribution in [-0.4, -0.2) is 0 Å². The van der Waals surface area contributed by atoms with Gasteiger partial charge in [-0.05, 0) is 54.3 Å². The van der Waals surface area contributed by atoms with Crippen molar-refractivity contribution in [2.24, 2.45) is 28.6 Å². The van der Waals surface area contributed by atoms with Gasteiger partial charge in [0.15, 0.2) is 0 Å². The monoisotopic (exact) mass is 224 g/mol. The molecule has 2 unspecified atom stereocenters. The molecule has 0 aromatic rings. The van der Waals surface area contributed by atoms with E-state index in [1.54, 1.807) is 0 Å². The molecule has 0 bridgehead atoms. The summed E-state index contributed by atoms with van der Waals surface area (Å²) in [7, 11) is 0. The van der Waals surface area contributed by atoms with Crippen LogP contribution in [0.1, 0.15) is 74.1 Å². The van der Waals surface area contributed by atoms with Crippen molar-refractivity contribution in [3.8, 4) is 0 Å². The molecule has 1 rings (SSSR count). The van der Waals surface area contributed by atoms with E-state index in [9.17, 15) is 0 Å². The van der Waals surface area contributed by atoms with E-state index >= 15 is 0 Å². The maximum Gasteiger partial charge on any atom is -0.0354 e. The van der Waals surface area contributed by atoms with E-state index < -0.39 is 0 Å². The highest BCUT2D eigenvalue weighted by Gasteiger charge is 2.34. The molecule has 0 nitrogen and oxygen atoms in total. The third-order valence-corrected chi connectivity index (χ3v) is 4.69. The summed E-state index contributed by atoms with van der Waals surface area (Å²) in [6, 6.07) is 0. The lowest BCUT2D eigenvalue weighted by Crippen LogP contribution is -2.22. The highest BCUT2D eigenvalue weighted by Crippen LogP contribution is 2.45. The van der Waals surface area contributed by atoms with Crippen LogP contribution in [0.15, 0.2) is 0 Å². The molecule has 1 aliphatic carbocycles. The lowest BCUT2D eigenvalue weighted by atomic mass is 9.74. The zero-order valence-corrected chi connectivity index (χ0v) is 12.6. The van der Waals surface area contributed by atoms with Crippen LogP contribution in [-0.2, 0) is 0 Å². The normalized spacial score (nSPS) is 33.6. The van der Waals surface area contributed by atoms with Crippen LogP contribution >= 0.6 is 0 Å². The first-order chi connectivity index (χ1) is 7.10. The molecule has 0 heteroatoms. The highest BCUT2D eigenvalue weighted by atomic mass is 14.4. The second-order valence-electron chi connectivity index (χ2n) is 8.28. The molecule has 1 fully saturated rings. The first kappa shape index (κ1) is 14.1. The van der Waals surface area contributed by atoms with E-state index in [0.29, 0.717) is 10.8 Å². The molecule has 0 saturated heterocycles. The molecule has 0 N–H and O–H groups in total. The summed E-state index contributed by atoms with van der Waals surface area (Å²) in [5.41, 5.74) is 1.00. The van der Waals surface area contributed by atoms with Crippen LogP contribution in [0.25, 0.3) is 0 Å². The van der Waals surface area contributed by atoms with Gasteiger partial charge in [-0.15, -0.1) is 0 Å². The van der Waals surface area contributed by atoms with E-state index in [-0.39, 0.29) is 0 Å². The van der Waals surface area contributed by atoms with Gasteiger partial charge in [-0.25, -0.2) is 0 Å². The van der Waals surface area contributed by atoms with Crippen LogP contribution in [0.2, 0.25) is 0 Å². The molecule has 2 atom stereocenters. The zero-order valence-electron chi connectivity index (χ0n) is 12.6. The summed E-state index contributed by atoms with van der Waals surface area (Å²) in [6.45, 7) is 17.0. The zero-order chi connectivity index (χ0) is 12.6. The molecule has 1 aliphatic rings. The molecule has 0 spiro atoms. The number of hydrogen-bond donors (Lipinski definition) is 0. The van der Waals surface area contributed by atoms with Gasteiger partial charge in [0.1, 0.15) is 0 Å². The second kappa shape index (κ2) is 4.70. The molecule has 0 aromatic heterocycles. The van der Waals surface area contributed by atoms with Gasteiger partial charge in [0, 0.05) is 0 Å². The third-order valence-electron chi connectivity index (χ3n) is 4.69. The first-order valence-electron chi connectivity index (χ1n) is 7.10. The standard InChI is InChI=1S/C16H32/c1-12-10-13(15(2,3)4)8-9-14(11-12)16(5,6)7/h12-14H,8-11H2,1-7H3. The summed E-state index contributed by atoms with van der Waals surface area (Å²) in [5, 5.41) is 0. The van der Waals surface area contributed by atoms with Crippen LogP contribution in [0.3, 0.4) is 0 Å². The van der Waals surface area contributed by atoms with Crippen molar-refractivity contribution in [2.45, 2.75) is 74.1 Å². The van der Waals surface area contributed by atoms with Crippen molar-refractivity contribution < 1.29 is 0 Å². The lowest BCUT2D eigenvalue weighted by Gasteiger charge is -2.32. The topological polar surface area (TPSA) is 0 Å². The molecule has 0 aliphatic heterocycles. The van der Waals surface area contributed by atoms with Crippen molar-refractivity contribution in [1.29, 1.82) is 0 Å². The molecular weight excluding hydrogens is 192 g/mol. The minimum atomic E-state index is 0.501. The number of rotatable bonds is 0. The molecule has 0 aromatic carbocycles. The second-order valence-corrected chi connectivity index (χ2v) is 8.28. The van der Waals surface area contributed by atoms with Crippen molar-refractivity contribution in [3.63, 3.8) is 0 Å². The predicted octanol–water partition coefficient (Wildman–Crippen LogP) is 5.52. The Kier molecular flexibility index (Phi) is 4.13. The molecule has 0 heterocycles. The predicted molar refractivity (Wildman–Crippen MR) is 73.5 cm³/mol. The third kappa shape index (κ3) is 3.79. The summed E-state index contributed by atoms with van der Waals surface area (Å²) in [5.74, 6) is 2.76. The van der Waals surface area contributed by atoms with Crippen LogP contribution < -0.4 is 0 Å². The fourth-order valence-corrected chi connectivity index (χ4v) is 3.28. The molecule has 16 heavy (non-hydrogen) atoms. The molecule has 0 radical (unpaired) electrons. The Morgan fingerprint density at radius 2 is 1.00 bits per heavy atom. The summed E-state index contributed by atoms with van der Waals surface area (Å²) in [4.78, 5) is 0. The van der Waals surface area contributed by atoms with Gasteiger partial charge >= 0.3 is 0 Å². The van der Waals surface area contributed by atoms with E-state index in [4.69, 9.17) is 0 Å². The average molecular weight is 224 g/mol. The average Bonchev–Trinajstić information content (AvgIpc) is 2.24. The summed E-state index contributed by atoms with van der Waals surface area (Å²) in [6.07, 6.45) is 5.76. The van der Waals surface area contributed by atoms with E-state index in [1.165, 1.54) is 25.7 Å². The maximum atomic E-state index is 2.46. The Morgan fingerprint density at radius 3 is 1.25 bits per heavy atom. The fourth-order valence-electron chi connectivity index (χ4n) is 3.28. The van der Waals surface area contributed by atoms with E-state index in [1.807, 2.05) is 0 Å². The van der Waals surface area contributed by atoms with Crippen LogP contribution in [0.4, 0.5) is 0 Å². The summed E-state index contributed by atoms with van der Waals surface area (Å²) >= 11 is 0. The van der Waals surface area contributed by atoms with Crippen molar-refractivity contribution in [1.82, 2.24) is 0 Å². The van der Waals surface area contributed by atoms with Crippen LogP contribution in [0.5, 0.6) is 0 Å². The van der Waals surface area contributed by atoms with Crippen molar-refractivity contribution >= 4 is 0 Å². The van der Waals surface area contributed by atoms with Gasteiger partial charge in [-0.1, -0.05) is 48.5 Å². The van der Waals surface area contributed by atoms with Gasteiger partial charge in [0.25, 0.3) is 0 Å². The quantitative estimate of drug-likeness (QED) is 0.475. The van der Waals surface area contributed by atoms with Gasteiger partial charge in [-0.3, -0.25) is 0 Å². The van der Waals surface area contributed by atoms with E-state index in [2.05, 4.69) is 48.5 Å².